The zero-order valence-corrected chi connectivity index (χ0v) is 11.4. The number of carbonyl (C=O) groups excluding carboxylic acids is 1. The lowest BCUT2D eigenvalue weighted by molar-refractivity contribution is -0.118. The number of piperazine rings is 2. The van der Waals surface area contributed by atoms with Crippen LogP contribution in [0.5, 0.6) is 0 Å². The van der Waals surface area contributed by atoms with Crippen molar-refractivity contribution >= 4 is 23.1 Å². The van der Waals surface area contributed by atoms with Gasteiger partial charge >= 0.3 is 0 Å². The molecule has 7 heteroatoms. The molecule has 0 spiro atoms. The van der Waals surface area contributed by atoms with Crippen LogP contribution < -0.4 is 26.2 Å². The largest absolute Gasteiger partial charge is 0.382 e. The molecule has 0 aliphatic carbocycles. The summed E-state index contributed by atoms with van der Waals surface area (Å²) in [5.74, 6) is 0.604. The number of rotatable bonds is 2. The van der Waals surface area contributed by atoms with Crippen molar-refractivity contribution in [2.45, 2.75) is 0 Å². The Kier molecular flexibility index (Phi) is 3.70. The van der Waals surface area contributed by atoms with Crippen molar-refractivity contribution in [3.63, 3.8) is 0 Å². The molecular formula is C13H20N6O. The molecule has 4 N–H and O–H groups in total. The molecule has 2 aliphatic heterocycles. The monoisotopic (exact) mass is 276 g/mol. The van der Waals surface area contributed by atoms with E-state index in [2.05, 4.69) is 20.5 Å². The Morgan fingerprint density at radius 1 is 1.15 bits per heavy atom. The molecule has 2 saturated heterocycles. The molecule has 3 heterocycles. The summed E-state index contributed by atoms with van der Waals surface area (Å²) in [4.78, 5) is 20.2. The normalized spacial score (nSPS) is 20.3. The number of nitrogen functional groups attached to an aromatic ring is 1. The number of nitrogens with two attached hydrogens (primary N) is 1. The van der Waals surface area contributed by atoms with Crippen molar-refractivity contribution in [3.8, 4) is 0 Å². The van der Waals surface area contributed by atoms with E-state index in [1.807, 2.05) is 6.07 Å². The Labute approximate surface area is 118 Å². The maximum atomic E-state index is 11.9. The topological polar surface area (TPSA) is 86.5 Å². The lowest BCUT2D eigenvalue weighted by atomic mass is 10.2. The summed E-state index contributed by atoms with van der Waals surface area (Å²) in [5, 5.41) is 6.38. The number of amides is 1. The molecular weight excluding hydrogens is 256 g/mol. The second kappa shape index (κ2) is 5.64. The Morgan fingerprint density at radius 3 is 2.65 bits per heavy atom. The summed E-state index contributed by atoms with van der Waals surface area (Å²) in [7, 11) is 0. The summed E-state index contributed by atoms with van der Waals surface area (Å²) in [6.07, 6.45) is 1.68. The molecule has 3 rings (SSSR count). The molecule has 0 aromatic carbocycles. The van der Waals surface area contributed by atoms with Gasteiger partial charge in [-0.3, -0.25) is 4.79 Å². The third-order valence-electron chi connectivity index (χ3n) is 3.74. The van der Waals surface area contributed by atoms with Gasteiger partial charge in [0.25, 0.3) is 0 Å². The Bertz CT molecular complexity index is 500. The first-order valence-corrected chi connectivity index (χ1v) is 6.98. The van der Waals surface area contributed by atoms with E-state index in [0.717, 1.165) is 44.1 Å². The smallest absolute Gasteiger partial charge is 0.241 e. The fourth-order valence-corrected chi connectivity index (χ4v) is 2.64. The first kappa shape index (κ1) is 13.1. The first-order valence-electron chi connectivity index (χ1n) is 6.98. The number of hydrogen-bond acceptors (Lipinski definition) is 6. The first-order chi connectivity index (χ1) is 9.75. The molecule has 0 unspecified atom stereocenters. The molecule has 0 radical (unpaired) electrons. The minimum atomic E-state index is 0.0779. The fourth-order valence-electron chi connectivity index (χ4n) is 2.64. The highest BCUT2D eigenvalue weighted by atomic mass is 16.2. The van der Waals surface area contributed by atoms with Crippen LogP contribution in [-0.2, 0) is 4.79 Å². The van der Waals surface area contributed by atoms with Gasteiger partial charge in [0.1, 0.15) is 5.82 Å². The second-order valence-corrected chi connectivity index (χ2v) is 5.06. The van der Waals surface area contributed by atoms with Gasteiger partial charge in [0.2, 0.25) is 5.91 Å². The molecule has 20 heavy (non-hydrogen) atoms. The van der Waals surface area contributed by atoms with Crippen LogP contribution in [-0.4, -0.2) is 56.7 Å². The highest BCUT2D eigenvalue weighted by Crippen LogP contribution is 2.27. The van der Waals surface area contributed by atoms with Crippen LogP contribution in [0.3, 0.4) is 0 Å². The average Bonchev–Trinajstić information content (AvgIpc) is 2.49. The SMILES string of the molecule is Nc1ncc(N2CCNCC2=O)cc1N1CCNCC1. The molecule has 1 amide bonds. The molecule has 2 aliphatic rings. The van der Waals surface area contributed by atoms with E-state index >= 15 is 0 Å². The number of nitrogens with one attached hydrogen (secondary N) is 2. The molecule has 108 valence electrons. The van der Waals surface area contributed by atoms with Crippen molar-refractivity contribution in [2.75, 3.05) is 61.3 Å². The molecule has 7 nitrogen and oxygen atoms in total. The van der Waals surface area contributed by atoms with Crippen LogP contribution in [0.25, 0.3) is 0 Å². The summed E-state index contributed by atoms with van der Waals surface area (Å²) in [5.41, 5.74) is 7.75. The number of hydrogen-bond donors (Lipinski definition) is 3. The van der Waals surface area contributed by atoms with E-state index in [1.165, 1.54) is 0 Å². The Hall–Kier alpha value is -1.86. The quantitative estimate of drug-likeness (QED) is 0.643. The molecule has 2 fully saturated rings. The lowest BCUT2D eigenvalue weighted by Crippen LogP contribution is -2.48. The molecule has 1 aromatic rings. The summed E-state index contributed by atoms with van der Waals surface area (Å²) >= 11 is 0. The predicted molar refractivity (Wildman–Crippen MR) is 79.0 cm³/mol. The zero-order valence-electron chi connectivity index (χ0n) is 11.4. The fraction of sp³-hybridized carbons (Fsp3) is 0.538. The van der Waals surface area contributed by atoms with Crippen LogP contribution in [0.1, 0.15) is 0 Å². The minimum absolute atomic E-state index is 0.0779. The van der Waals surface area contributed by atoms with E-state index in [0.29, 0.717) is 18.9 Å². The van der Waals surface area contributed by atoms with Gasteiger partial charge in [-0.05, 0) is 6.07 Å². The van der Waals surface area contributed by atoms with Crippen molar-refractivity contribution in [2.24, 2.45) is 0 Å². The lowest BCUT2D eigenvalue weighted by Gasteiger charge is -2.32. The number of nitrogens with zero attached hydrogens (tertiary/aromatic N) is 3. The maximum Gasteiger partial charge on any atom is 0.241 e. The molecule has 0 saturated carbocycles. The summed E-state index contributed by atoms with van der Waals surface area (Å²) in [6, 6.07) is 1.98. The van der Waals surface area contributed by atoms with Gasteiger partial charge in [-0.15, -0.1) is 0 Å². The number of aromatic nitrogens is 1. The highest BCUT2D eigenvalue weighted by Gasteiger charge is 2.22. The van der Waals surface area contributed by atoms with Crippen molar-refractivity contribution in [3.05, 3.63) is 12.3 Å². The van der Waals surface area contributed by atoms with Gasteiger partial charge in [0, 0.05) is 39.3 Å². The Balaban J connectivity index is 1.87. The van der Waals surface area contributed by atoms with E-state index in [-0.39, 0.29) is 5.91 Å². The molecule has 1 aromatic heterocycles. The van der Waals surface area contributed by atoms with Gasteiger partial charge in [-0.1, -0.05) is 0 Å². The summed E-state index contributed by atoms with van der Waals surface area (Å²) in [6.45, 7) is 5.56. The number of anilines is 3. The van der Waals surface area contributed by atoms with Crippen LogP contribution in [0.15, 0.2) is 12.3 Å². The van der Waals surface area contributed by atoms with Crippen molar-refractivity contribution < 1.29 is 4.79 Å². The van der Waals surface area contributed by atoms with Gasteiger partial charge in [0.15, 0.2) is 0 Å². The van der Waals surface area contributed by atoms with E-state index in [1.54, 1.807) is 11.1 Å². The molecule has 0 bridgehead atoms. The number of carbonyl (C=O) groups is 1. The van der Waals surface area contributed by atoms with Crippen molar-refractivity contribution in [1.82, 2.24) is 15.6 Å². The number of pyridine rings is 1. The van der Waals surface area contributed by atoms with Gasteiger partial charge < -0.3 is 26.2 Å². The average molecular weight is 276 g/mol. The predicted octanol–water partition coefficient (Wildman–Crippen LogP) is -0.990. The van der Waals surface area contributed by atoms with Crippen LogP contribution >= 0.6 is 0 Å². The molecule has 0 atom stereocenters. The van der Waals surface area contributed by atoms with E-state index < -0.39 is 0 Å². The standard InChI is InChI=1S/C13H20N6O/c14-13-11(18-4-1-15-2-5-18)7-10(8-17-13)19-6-3-16-9-12(19)20/h7-8,15-16H,1-6,9H2,(H2,14,17). The summed E-state index contributed by atoms with van der Waals surface area (Å²) < 4.78 is 0. The van der Waals surface area contributed by atoms with Gasteiger partial charge in [-0.25, -0.2) is 4.98 Å². The van der Waals surface area contributed by atoms with Crippen LogP contribution in [0.2, 0.25) is 0 Å². The third kappa shape index (κ3) is 2.54. The third-order valence-corrected chi connectivity index (χ3v) is 3.74. The minimum Gasteiger partial charge on any atom is -0.382 e. The highest BCUT2D eigenvalue weighted by molar-refractivity contribution is 5.96. The maximum absolute atomic E-state index is 11.9. The zero-order chi connectivity index (χ0) is 13.9. The van der Waals surface area contributed by atoms with Crippen molar-refractivity contribution in [1.29, 1.82) is 0 Å². The second-order valence-electron chi connectivity index (χ2n) is 5.06. The van der Waals surface area contributed by atoms with E-state index in [9.17, 15) is 4.79 Å². The van der Waals surface area contributed by atoms with Crippen LogP contribution in [0, 0.1) is 0 Å². The van der Waals surface area contributed by atoms with Gasteiger partial charge in [-0.2, -0.15) is 0 Å². The van der Waals surface area contributed by atoms with Crippen LogP contribution in [0.4, 0.5) is 17.2 Å². The van der Waals surface area contributed by atoms with Gasteiger partial charge in [0.05, 0.1) is 24.1 Å². The van der Waals surface area contributed by atoms with E-state index in [4.69, 9.17) is 5.73 Å². The Morgan fingerprint density at radius 2 is 1.90 bits per heavy atom.